The fourth-order valence-corrected chi connectivity index (χ4v) is 5.42. The number of hydrogen-bond donors (Lipinski definition) is 2. The fraction of sp³-hybridized carbons (Fsp3) is 0.417. The Kier molecular flexibility index (Phi) is 8.89. The lowest BCUT2D eigenvalue weighted by Gasteiger charge is -2.25. The molecule has 0 bridgehead atoms. The number of likely N-dealkylation sites (tertiary alicyclic amines) is 1. The second-order valence-corrected chi connectivity index (χ2v) is 9.90. The van der Waals surface area contributed by atoms with E-state index in [2.05, 4.69) is 4.72 Å². The number of phenolic OH excluding ortho intramolecular Hbond substituents is 1. The lowest BCUT2D eigenvalue weighted by atomic mass is 10.1. The monoisotopic (exact) mass is 490 g/mol. The molecule has 1 heterocycles. The van der Waals surface area contributed by atoms with Crippen molar-refractivity contribution in [3.05, 3.63) is 65.7 Å². The number of phenols is 1. The van der Waals surface area contributed by atoms with Gasteiger partial charge in [0.1, 0.15) is 18.4 Å². The fourth-order valence-electron chi connectivity index (χ4n) is 3.85. The molecule has 1 saturated heterocycles. The zero-order valence-corrected chi connectivity index (χ0v) is 19.9. The van der Waals surface area contributed by atoms with Gasteiger partial charge in [0.15, 0.2) is 0 Å². The van der Waals surface area contributed by atoms with Crippen molar-refractivity contribution in [2.75, 3.05) is 18.9 Å². The number of esters is 1. The first-order chi connectivity index (χ1) is 16.3. The van der Waals surface area contributed by atoms with Crippen molar-refractivity contribution in [2.24, 2.45) is 0 Å². The molecule has 10 heteroatoms. The van der Waals surface area contributed by atoms with Crippen LogP contribution in [0.3, 0.4) is 0 Å². The summed E-state index contributed by atoms with van der Waals surface area (Å²) in [5.74, 6) is -0.971. The third-order valence-electron chi connectivity index (χ3n) is 5.50. The lowest BCUT2D eigenvalue weighted by molar-refractivity contribution is -0.145. The van der Waals surface area contributed by atoms with Crippen LogP contribution in [-0.4, -0.2) is 61.5 Å². The zero-order chi connectivity index (χ0) is 24.6. The van der Waals surface area contributed by atoms with Gasteiger partial charge in [-0.05, 0) is 49.4 Å². The minimum Gasteiger partial charge on any atom is -0.508 e. The maximum Gasteiger partial charge on any atom is 0.410 e. The number of carbonyl (C=O) groups is 2. The van der Waals surface area contributed by atoms with Gasteiger partial charge >= 0.3 is 12.1 Å². The molecule has 1 aliphatic rings. The molecular formula is C24H30N2O7S. The molecule has 2 aromatic rings. The summed E-state index contributed by atoms with van der Waals surface area (Å²) in [6.07, 6.45) is 0.678. The number of nitrogens with zero attached hydrogens (tertiary/aromatic N) is 1. The molecule has 2 aromatic carbocycles. The number of hydrogen-bond acceptors (Lipinski definition) is 7. The van der Waals surface area contributed by atoms with E-state index in [0.29, 0.717) is 24.9 Å². The van der Waals surface area contributed by atoms with Gasteiger partial charge < -0.3 is 19.5 Å². The molecule has 9 nitrogen and oxygen atoms in total. The van der Waals surface area contributed by atoms with E-state index < -0.39 is 34.2 Å². The number of nitrogens with one attached hydrogen (secondary N) is 1. The topological polar surface area (TPSA) is 122 Å². The average molecular weight is 491 g/mol. The molecule has 2 atom stereocenters. The van der Waals surface area contributed by atoms with Crippen molar-refractivity contribution < 1.29 is 32.6 Å². The van der Waals surface area contributed by atoms with E-state index in [4.69, 9.17) is 9.47 Å². The summed E-state index contributed by atoms with van der Waals surface area (Å²) >= 11 is 0. The third-order valence-corrected chi connectivity index (χ3v) is 6.96. The predicted octanol–water partition coefficient (Wildman–Crippen LogP) is 2.59. The largest absolute Gasteiger partial charge is 0.508 e. The summed E-state index contributed by atoms with van der Waals surface area (Å²) in [5, 5.41) is 9.46. The Morgan fingerprint density at radius 3 is 2.47 bits per heavy atom. The van der Waals surface area contributed by atoms with Crippen molar-refractivity contribution in [2.45, 2.75) is 44.9 Å². The molecule has 184 valence electrons. The minimum atomic E-state index is -3.94. The molecule has 0 saturated carbocycles. The summed E-state index contributed by atoms with van der Waals surface area (Å²) in [6, 6.07) is 13.7. The molecule has 0 radical (unpaired) electrons. The number of ether oxygens (including phenoxy) is 2. The smallest absolute Gasteiger partial charge is 0.410 e. The standard InChI is InChI=1S/C24H30N2O7S/c1-2-32-23(28)22(15-18-10-12-21(27)13-11-18)25-34(30,31)17-20-9-6-14-26(20)24(29)33-16-19-7-4-3-5-8-19/h3-5,7-8,10-13,20,22,25,27H,2,6,9,14-17H2,1H3/t20-,22-/m0/s1. The Morgan fingerprint density at radius 2 is 1.79 bits per heavy atom. The van der Waals surface area contributed by atoms with Gasteiger partial charge in [0, 0.05) is 6.54 Å². The minimum absolute atomic E-state index is 0.0614. The summed E-state index contributed by atoms with van der Waals surface area (Å²) in [6.45, 7) is 2.26. The number of sulfonamides is 1. The molecule has 1 aliphatic heterocycles. The van der Waals surface area contributed by atoms with E-state index in [1.54, 1.807) is 19.1 Å². The van der Waals surface area contributed by atoms with Gasteiger partial charge in [-0.3, -0.25) is 4.79 Å². The Morgan fingerprint density at radius 1 is 1.09 bits per heavy atom. The Hall–Kier alpha value is -3.11. The second-order valence-electron chi connectivity index (χ2n) is 8.10. The van der Waals surface area contributed by atoms with Crippen LogP contribution in [0.5, 0.6) is 5.75 Å². The van der Waals surface area contributed by atoms with Crippen LogP contribution >= 0.6 is 0 Å². The molecule has 3 rings (SSSR count). The second kappa shape index (κ2) is 11.8. The van der Waals surface area contributed by atoms with Crippen molar-refractivity contribution in [1.29, 1.82) is 0 Å². The highest BCUT2D eigenvalue weighted by atomic mass is 32.2. The average Bonchev–Trinajstić information content (AvgIpc) is 3.26. The first-order valence-electron chi connectivity index (χ1n) is 11.2. The number of aromatic hydroxyl groups is 1. The van der Waals surface area contributed by atoms with Crippen LogP contribution in [0.15, 0.2) is 54.6 Å². The maximum atomic E-state index is 13.0. The molecule has 0 unspecified atom stereocenters. The normalized spacial score (nSPS) is 16.7. The number of amides is 1. The van der Waals surface area contributed by atoms with Crippen LogP contribution in [-0.2, 0) is 37.3 Å². The highest BCUT2D eigenvalue weighted by Crippen LogP contribution is 2.21. The van der Waals surface area contributed by atoms with E-state index in [9.17, 15) is 23.1 Å². The molecule has 1 fully saturated rings. The molecule has 2 N–H and O–H groups in total. The lowest BCUT2D eigenvalue weighted by Crippen LogP contribution is -2.48. The zero-order valence-electron chi connectivity index (χ0n) is 19.1. The van der Waals surface area contributed by atoms with Crippen molar-refractivity contribution in [3.63, 3.8) is 0 Å². The van der Waals surface area contributed by atoms with Gasteiger partial charge in [-0.15, -0.1) is 0 Å². The Labute approximate surface area is 199 Å². The Bertz CT molecular complexity index is 1060. The van der Waals surface area contributed by atoms with E-state index in [1.807, 2.05) is 30.3 Å². The van der Waals surface area contributed by atoms with Crippen LogP contribution in [0.2, 0.25) is 0 Å². The maximum absolute atomic E-state index is 13.0. The molecule has 1 amide bonds. The molecule has 0 aromatic heterocycles. The van der Waals surface area contributed by atoms with Gasteiger partial charge in [-0.2, -0.15) is 0 Å². The summed E-state index contributed by atoms with van der Waals surface area (Å²) in [4.78, 5) is 26.5. The molecule has 0 spiro atoms. The van der Waals surface area contributed by atoms with Crippen LogP contribution in [0, 0.1) is 0 Å². The third kappa shape index (κ3) is 7.46. The quantitative estimate of drug-likeness (QED) is 0.491. The SMILES string of the molecule is CCOC(=O)[C@H](Cc1ccc(O)cc1)NS(=O)(=O)C[C@@H]1CCCN1C(=O)OCc1ccccc1. The number of carbonyl (C=O) groups excluding carboxylic acids is 2. The first kappa shape index (κ1) is 25.5. The molecular weight excluding hydrogens is 460 g/mol. The van der Waals surface area contributed by atoms with E-state index >= 15 is 0 Å². The van der Waals surface area contributed by atoms with Crippen LogP contribution < -0.4 is 4.72 Å². The predicted molar refractivity (Wildman–Crippen MR) is 126 cm³/mol. The Balaban J connectivity index is 1.63. The summed E-state index contributed by atoms with van der Waals surface area (Å²) in [7, 11) is -3.94. The van der Waals surface area contributed by atoms with Crippen molar-refractivity contribution in [1.82, 2.24) is 9.62 Å². The van der Waals surface area contributed by atoms with E-state index in [1.165, 1.54) is 17.0 Å². The van der Waals surface area contributed by atoms with Crippen LogP contribution in [0.4, 0.5) is 4.79 Å². The van der Waals surface area contributed by atoms with Gasteiger partial charge in [0.25, 0.3) is 0 Å². The summed E-state index contributed by atoms with van der Waals surface area (Å²) < 4.78 is 38.8. The highest BCUT2D eigenvalue weighted by molar-refractivity contribution is 7.89. The van der Waals surface area contributed by atoms with Crippen molar-refractivity contribution >= 4 is 22.1 Å². The highest BCUT2D eigenvalue weighted by Gasteiger charge is 2.35. The van der Waals surface area contributed by atoms with E-state index in [-0.39, 0.29) is 31.1 Å². The van der Waals surface area contributed by atoms with Gasteiger partial charge in [-0.25, -0.2) is 17.9 Å². The van der Waals surface area contributed by atoms with Gasteiger partial charge in [0.2, 0.25) is 10.0 Å². The molecule has 34 heavy (non-hydrogen) atoms. The number of rotatable bonds is 10. The van der Waals surface area contributed by atoms with E-state index in [0.717, 1.165) is 5.56 Å². The number of benzene rings is 2. The van der Waals surface area contributed by atoms with Gasteiger partial charge in [-0.1, -0.05) is 42.5 Å². The summed E-state index contributed by atoms with van der Waals surface area (Å²) in [5.41, 5.74) is 1.50. The van der Waals surface area contributed by atoms with Crippen molar-refractivity contribution in [3.8, 4) is 5.75 Å². The van der Waals surface area contributed by atoms with Gasteiger partial charge in [0.05, 0.1) is 18.4 Å². The molecule has 0 aliphatic carbocycles. The first-order valence-corrected chi connectivity index (χ1v) is 12.8. The van der Waals surface area contributed by atoms with Crippen LogP contribution in [0.1, 0.15) is 30.9 Å². The van der Waals surface area contributed by atoms with Crippen LogP contribution in [0.25, 0.3) is 0 Å².